The third kappa shape index (κ3) is 6.34. The van der Waals surface area contributed by atoms with Crippen LogP contribution in [0.5, 0.6) is 11.5 Å². The monoisotopic (exact) mass is 486 g/mol. The van der Waals surface area contributed by atoms with Crippen LogP contribution >= 0.6 is 11.8 Å². The summed E-state index contributed by atoms with van der Waals surface area (Å²) in [7, 11) is 0. The van der Waals surface area contributed by atoms with Gasteiger partial charge in [0.25, 0.3) is 5.91 Å². The average Bonchev–Trinajstić information content (AvgIpc) is 3.15. The lowest BCUT2D eigenvalue weighted by Crippen LogP contribution is -2.29. The summed E-state index contributed by atoms with van der Waals surface area (Å²) in [4.78, 5) is 20.4. The first-order valence-corrected chi connectivity index (χ1v) is 12.7. The number of carbonyl (C=O) groups excluding carboxylic acids is 1. The molecular formula is C29H30N2O3S. The zero-order valence-corrected chi connectivity index (χ0v) is 21.2. The van der Waals surface area contributed by atoms with E-state index in [4.69, 9.17) is 14.5 Å². The van der Waals surface area contributed by atoms with Crippen LogP contribution in [0.3, 0.4) is 0 Å². The first-order chi connectivity index (χ1) is 17.1. The molecule has 0 spiro atoms. The Morgan fingerprint density at radius 1 is 0.943 bits per heavy atom. The maximum atomic E-state index is 13.2. The highest BCUT2D eigenvalue weighted by Crippen LogP contribution is 2.36. The molecule has 0 saturated carbocycles. The molecule has 1 heterocycles. The van der Waals surface area contributed by atoms with E-state index in [0.717, 1.165) is 23.2 Å². The van der Waals surface area contributed by atoms with Crippen LogP contribution in [0.2, 0.25) is 0 Å². The van der Waals surface area contributed by atoms with Gasteiger partial charge in [0.2, 0.25) is 0 Å². The summed E-state index contributed by atoms with van der Waals surface area (Å²) in [5.41, 5.74) is 3.98. The molecular weight excluding hydrogens is 456 g/mol. The number of amidine groups is 1. The highest BCUT2D eigenvalue weighted by Gasteiger charge is 2.32. The lowest BCUT2D eigenvalue weighted by molar-refractivity contribution is -0.122. The second kappa shape index (κ2) is 11.8. The number of hydrogen-bond acceptors (Lipinski definition) is 5. The van der Waals surface area contributed by atoms with Crippen molar-refractivity contribution in [1.82, 2.24) is 4.90 Å². The standard InChI is InChI=1S/C29H30N2O3S/c1-4-17-31-28(32)27(35-29(31)30-24-14-11-21(3)12-15-24)19-23-13-16-25(26(18-23)33-5-2)34-20-22-9-7-6-8-10-22/h6-16,18-19H,4-5,17,20H2,1-3H3/b27-19+,30-29?. The smallest absolute Gasteiger partial charge is 0.266 e. The van der Waals surface area contributed by atoms with Crippen molar-refractivity contribution in [2.75, 3.05) is 13.2 Å². The van der Waals surface area contributed by atoms with Gasteiger partial charge in [-0.05, 0) is 73.5 Å². The summed E-state index contributed by atoms with van der Waals surface area (Å²) in [6.45, 7) is 7.66. The molecule has 0 radical (unpaired) electrons. The van der Waals surface area contributed by atoms with E-state index in [2.05, 4.69) is 6.92 Å². The fourth-order valence-electron chi connectivity index (χ4n) is 3.63. The molecule has 35 heavy (non-hydrogen) atoms. The lowest BCUT2D eigenvalue weighted by Gasteiger charge is -2.14. The number of carbonyl (C=O) groups is 1. The molecule has 4 rings (SSSR count). The predicted molar refractivity (Wildman–Crippen MR) is 144 cm³/mol. The van der Waals surface area contributed by atoms with E-state index in [9.17, 15) is 4.79 Å². The van der Waals surface area contributed by atoms with Gasteiger partial charge in [-0.2, -0.15) is 0 Å². The Kier molecular flexibility index (Phi) is 8.27. The fourth-order valence-corrected chi connectivity index (χ4v) is 4.66. The molecule has 6 heteroatoms. The van der Waals surface area contributed by atoms with Crippen molar-refractivity contribution in [2.24, 2.45) is 4.99 Å². The summed E-state index contributed by atoms with van der Waals surface area (Å²) < 4.78 is 11.9. The summed E-state index contributed by atoms with van der Waals surface area (Å²) in [5.74, 6) is 1.31. The Hall–Kier alpha value is -3.51. The van der Waals surface area contributed by atoms with Gasteiger partial charge in [-0.1, -0.05) is 61.0 Å². The molecule has 1 aliphatic heterocycles. The minimum atomic E-state index is -0.0231. The van der Waals surface area contributed by atoms with E-state index in [0.29, 0.717) is 41.3 Å². The number of nitrogens with zero attached hydrogens (tertiary/aromatic N) is 2. The van der Waals surface area contributed by atoms with Gasteiger partial charge >= 0.3 is 0 Å². The molecule has 3 aromatic rings. The highest BCUT2D eigenvalue weighted by atomic mass is 32.2. The topological polar surface area (TPSA) is 51.1 Å². The average molecular weight is 487 g/mol. The number of benzene rings is 3. The van der Waals surface area contributed by atoms with E-state index in [-0.39, 0.29) is 5.91 Å². The van der Waals surface area contributed by atoms with E-state index in [1.165, 1.54) is 17.3 Å². The molecule has 3 aromatic carbocycles. The van der Waals surface area contributed by atoms with E-state index < -0.39 is 0 Å². The number of thioether (sulfide) groups is 1. The third-order valence-electron chi connectivity index (χ3n) is 5.40. The summed E-state index contributed by atoms with van der Waals surface area (Å²) in [5, 5.41) is 0.708. The molecule has 1 fully saturated rings. The van der Waals surface area contributed by atoms with E-state index in [1.54, 1.807) is 4.90 Å². The fraction of sp³-hybridized carbons (Fsp3) is 0.241. The van der Waals surface area contributed by atoms with Crippen molar-refractivity contribution >= 4 is 34.6 Å². The van der Waals surface area contributed by atoms with Crippen LogP contribution in [-0.2, 0) is 11.4 Å². The van der Waals surface area contributed by atoms with Gasteiger partial charge in [0.05, 0.1) is 17.2 Å². The molecule has 0 atom stereocenters. The van der Waals surface area contributed by atoms with Crippen molar-refractivity contribution in [2.45, 2.75) is 33.8 Å². The molecule has 1 aliphatic rings. The Bertz CT molecular complexity index is 1220. The molecule has 0 bridgehead atoms. The number of amides is 1. The zero-order chi connectivity index (χ0) is 24.6. The van der Waals surface area contributed by atoms with Gasteiger partial charge < -0.3 is 9.47 Å². The Morgan fingerprint density at radius 3 is 2.43 bits per heavy atom. The minimum Gasteiger partial charge on any atom is -0.490 e. The minimum absolute atomic E-state index is 0.0231. The van der Waals surface area contributed by atoms with Crippen LogP contribution in [0.25, 0.3) is 6.08 Å². The zero-order valence-electron chi connectivity index (χ0n) is 20.4. The molecule has 0 aromatic heterocycles. The van der Waals surface area contributed by atoms with Gasteiger partial charge in [0.15, 0.2) is 16.7 Å². The molecule has 0 aliphatic carbocycles. The molecule has 5 nitrogen and oxygen atoms in total. The predicted octanol–water partition coefficient (Wildman–Crippen LogP) is 6.99. The quantitative estimate of drug-likeness (QED) is 0.306. The number of ether oxygens (including phenoxy) is 2. The first-order valence-electron chi connectivity index (χ1n) is 11.9. The van der Waals surface area contributed by atoms with E-state index in [1.807, 2.05) is 92.7 Å². The summed E-state index contributed by atoms with van der Waals surface area (Å²) in [6.07, 6.45) is 2.76. The van der Waals surface area contributed by atoms with Crippen LogP contribution in [0.15, 0.2) is 82.7 Å². The molecule has 0 unspecified atom stereocenters. The largest absolute Gasteiger partial charge is 0.490 e. The van der Waals surface area contributed by atoms with Gasteiger partial charge in [-0.3, -0.25) is 9.69 Å². The van der Waals surface area contributed by atoms with Crippen molar-refractivity contribution in [3.8, 4) is 11.5 Å². The lowest BCUT2D eigenvalue weighted by atomic mass is 10.1. The van der Waals surface area contributed by atoms with Crippen molar-refractivity contribution in [1.29, 1.82) is 0 Å². The molecule has 0 N–H and O–H groups in total. The van der Waals surface area contributed by atoms with Gasteiger partial charge in [0.1, 0.15) is 6.61 Å². The Morgan fingerprint density at radius 2 is 1.71 bits per heavy atom. The molecule has 1 amide bonds. The normalized spacial score (nSPS) is 15.7. The van der Waals surface area contributed by atoms with Crippen LogP contribution in [-0.4, -0.2) is 29.1 Å². The van der Waals surface area contributed by atoms with Crippen molar-refractivity contribution in [3.63, 3.8) is 0 Å². The van der Waals surface area contributed by atoms with Gasteiger partial charge in [-0.25, -0.2) is 4.99 Å². The van der Waals surface area contributed by atoms with Crippen molar-refractivity contribution in [3.05, 3.63) is 94.4 Å². The molecule has 1 saturated heterocycles. The highest BCUT2D eigenvalue weighted by molar-refractivity contribution is 8.18. The van der Waals surface area contributed by atoms with Crippen LogP contribution in [0.4, 0.5) is 5.69 Å². The summed E-state index contributed by atoms with van der Waals surface area (Å²) >= 11 is 1.41. The third-order valence-corrected chi connectivity index (χ3v) is 6.40. The second-order valence-corrected chi connectivity index (χ2v) is 9.22. The van der Waals surface area contributed by atoms with Crippen LogP contribution in [0, 0.1) is 6.92 Å². The van der Waals surface area contributed by atoms with Gasteiger partial charge in [0, 0.05) is 6.54 Å². The number of hydrogen-bond donors (Lipinski definition) is 0. The Labute approximate surface area is 211 Å². The number of aliphatic imine (C=N–C) groups is 1. The number of rotatable bonds is 9. The van der Waals surface area contributed by atoms with E-state index >= 15 is 0 Å². The molecule has 180 valence electrons. The van der Waals surface area contributed by atoms with Crippen molar-refractivity contribution < 1.29 is 14.3 Å². The second-order valence-electron chi connectivity index (χ2n) is 8.21. The maximum Gasteiger partial charge on any atom is 0.266 e. The number of aryl methyl sites for hydroxylation is 1. The van der Waals surface area contributed by atoms with Crippen LogP contribution in [0.1, 0.15) is 37.0 Å². The first kappa shape index (κ1) is 24.6. The SMILES string of the molecule is CCCN1C(=O)/C(=C\c2ccc(OCc3ccccc3)c(OCC)c2)SC1=Nc1ccc(C)cc1. The van der Waals surface area contributed by atoms with Crippen LogP contribution < -0.4 is 9.47 Å². The maximum absolute atomic E-state index is 13.2. The Balaban J connectivity index is 1.57. The summed E-state index contributed by atoms with van der Waals surface area (Å²) in [6, 6.07) is 23.8. The van der Waals surface area contributed by atoms with Gasteiger partial charge in [-0.15, -0.1) is 0 Å².